The molecule has 2 atom stereocenters. The number of thiophene rings is 1. The van der Waals surface area contributed by atoms with Crippen LogP contribution in [0.2, 0.25) is 0 Å². The second-order valence-electron chi connectivity index (χ2n) is 4.45. The van der Waals surface area contributed by atoms with E-state index < -0.39 is 0 Å². The van der Waals surface area contributed by atoms with Crippen LogP contribution in [0.25, 0.3) is 0 Å². The lowest BCUT2D eigenvalue weighted by Gasteiger charge is -2.22. The first-order chi connectivity index (χ1) is 9.11. The average molecular weight is 272 g/mol. The highest BCUT2D eigenvalue weighted by Gasteiger charge is 2.21. The standard InChI is InChI=1S/C15H16N2OS/c1-10-7-8-14(19-10)15(11(2)17)18-13-6-4-3-5-12(13)9-16/h3-8,11,15H,17H2,1-2H3. The molecule has 0 aliphatic heterocycles. The van der Waals surface area contributed by atoms with Gasteiger partial charge in [-0.25, -0.2) is 0 Å². The van der Waals surface area contributed by atoms with Crippen molar-refractivity contribution in [3.63, 3.8) is 0 Å². The van der Waals surface area contributed by atoms with E-state index in [9.17, 15) is 0 Å². The highest BCUT2D eigenvalue weighted by atomic mass is 32.1. The summed E-state index contributed by atoms with van der Waals surface area (Å²) in [4.78, 5) is 2.30. The molecule has 4 heteroatoms. The van der Waals surface area contributed by atoms with Crippen LogP contribution in [0.5, 0.6) is 5.75 Å². The molecule has 0 bridgehead atoms. The largest absolute Gasteiger partial charge is 0.482 e. The van der Waals surface area contributed by atoms with Crippen LogP contribution in [0.1, 0.15) is 28.3 Å². The Kier molecular flexibility index (Phi) is 4.20. The molecule has 0 saturated carbocycles. The molecule has 19 heavy (non-hydrogen) atoms. The Hall–Kier alpha value is -1.83. The van der Waals surface area contributed by atoms with Gasteiger partial charge in [0.15, 0.2) is 0 Å². The molecular formula is C15H16N2OS. The van der Waals surface area contributed by atoms with Crippen LogP contribution in [-0.2, 0) is 0 Å². The van der Waals surface area contributed by atoms with Gasteiger partial charge in [0.2, 0.25) is 0 Å². The van der Waals surface area contributed by atoms with Crippen molar-refractivity contribution in [2.45, 2.75) is 26.0 Å². The smallest absolute Gasteiger partial charge is 0.148 e. The summed E-state index contributed by atoms with van der Waals surface area (Å²) >= 11 is 1.67. The molecule has 0 aliphatic rings. The second-order valence-corrected chi connectivity index (χ2v) is 5.77. The van der Waals surface area contributed by atoms with E-state index in [-0.39, 0.29) is 12.1 Å². The molecule has 0 spiro atoms. The number of hydrogen-bond acceptors (Lipinski definition) is 4. The Labute approximate surface area is 117 Å². The summed E-state index contributed by atoms with van der Waals surface area (Å²) in [7, 11) is 0. The second kappa shape index (κ2) is 5.87. The third-order valence-corrected chi connectivity index (χ3v) is 3.84. The van der Waals surface area contributed by atoms with Crippen molar-refractivity contribution in [2.24, 2.45) is 5.73 Å². The van der Waals surface area contributed by atoms with Crippen molar-refractivity contribution in [3.8, 4) is 11.8 Å². The molecule has 0 saturated heterocycles. The van der Waals surface area contributed by atoms with Gasteiger partial charge >= 0.3 is 0 Å². The molecule has 2 unspecified atom stereocenters. The van der Waals surface area contributed by atoms with E-state index in [2.05, 4.69) is 19.1 Å². The van der Waals surface area contributed by atoms with E-state index in [0.717, 1.165) is 4.88 Å². The van der Waals surface area contributed by atoms with Gasteiger partial charge in [0.05, 0.1) is 5.56 Å². The van der Waals surface area contributed by atoms with Gasteiger partial charge in [0.1, 0.15) is 17.9 Å². The van der Waals surface area contributed by atoms with Crippen molar-refractivity contribution in [3.05, 3.63) is 51.7 Å². The predicted molar refractivity (Wildman–Crippen MR) is 77.2 cm³/mol. The number of rotatable bonds is 4. The molecule has 2 rings (SSSR count). The monoisotopic (exact) mass is 272 g/mol. The SMILES string of the molecule is Cc1ccc(C(Oc2ccccc2C#N)C(C)N)s1. The van der Waals surface area contributed by atoms with Crippen LogP contribution in [0.4, 0.5) is 0 Å². The van der Waals surface area contributed by atoms with E-state index in [1.54, 1.807) is 23.5 Å². The van der Waals surface area contributed by atoms with Crippen molar-refractivity contribution in [2.75, 3.05) is 0 Å². The summed E-state index contributed by atoms with van der Waals surface area (Å²) in [5.41, 5.74) is 6.55. The number of ether oxygens (including phenoxy) is 1. The number of benzene rings is 1. The zero-order valence-electron chi connectivity index (χ0n) is 11.0. The number of para-hydroxylation sites is 1. The van der Waals surface area contributed by atoms with Crippen molar-refractivity contribution >= 4 is 11.3 Å². The minimum Gasteiger partial charge on any atom is -0.482 e. The van der Waals surface area contributed by atoms with Crippen molar-refractivity contribution < 1.29 is 4.74 Å². The Morgan fingerprint density at radius 3 is 2.58 bits per heavy atom. The normalized spacial score (nSPS) is 13.6. The van der Waals surface area contributed by atoms with E-state index in [4.69, 9.17) is 15.7 Å². The van der Waals surface area contributed by atoms with Gasteiger partial charge in [-0.15, -0.1) is 11.3 Å². The summed E-state index contributed by atoms with van der Waals surface area (Å²) < 4.78 is 5.96. The fourth-order valence-corrected chi connectivity index (χ4v) is 2.85. The van der Waals surface area contributed by atoms with Crippen LogP contribution in [0, 0.1) is 18.3 Å². The lowest BCUT2D eigenvalue weighted by Crippen LogP contribution is -2.28. The number of hydrogen-bond donors (Lipinski definition) is 1. The fourth-order valence-electron chi connectivity index (χ4n) is 1.83. The van der Waals surface area contributed by atoms with Gasteiger partial charge in [-0.1, -0.05) is 12.1 Å². The first-order valence-electron chi connectivity index (χ1n) is 6.09. The molecular weight excluding hydrogens is 256 g/mol. The lowest BCUT2D eigenvalue weighted by molar-refractivity contribution is 0.183. The van der Waals surface area contributed by atoms with E-state index in [0.29, 0.717) is 11.3 Å². The molecule has 0 fully saturated rings. The minimum atomic E-state index is -0.229. The summed E-state index contributed by atoms with van der Waals surface area (Å²) in [6.45, 7) is 3.96. The topological polar surface area (TPSA) is 59.0 Å². The Balaban J connectivity index is 2.30. The molecule has 0 aliphatic carbocycles. The van der Waals surface area contributed by atoms with Crippen LogP contribution in [-0.4, -0.2) is 6.04 Å². The summed E-state index contributed by atoms with van der Waals surface area (Å²) in [6.07, 6.45) is -0.229. The molecule has 2 N–H and O–H groups in total. The van der Waals surface area contributed by atoms with Gasteiger partial charge in [-0.2, -0.15) is 5.26 Å². The van der Waals surface area contributed by atoms with Gasteiger partial charge in [0.25, 0.3) is 0 Å². The molecule has 1 heterocycles. The van der Waals surface area contributed by atoms with Gasteiger partial charge < -0.3 is 10.5 Å². The molecule has 98 valence electrons. The van der Waals surface area contributed by atoms with E-state index in [1.807, 2.05) is 25.1 Å². The summed E-state index contributed by atoms with van der Waals surface area (Å²) in [5.74, 6) is 0.582. The Morgan fingerprint density at radius 2 is 2.00 bits per heavy atom. The average Bonchev–Trinajstić information content (AvgIpc) is 2.82. The molecule has 0 amide bonds. The van der Waals surface area contributed by atoms with Crippen LogP contribution in [0.3, 0.4) is 0 Å². The maximum atomic E-state index is 9.09. The van der Waals surface area contributed by atoms with Crippen LogP contribution in [0.15, 0.2) is 36.4 Å². The third-order valence-electron chi connectivity index (χ3n) is 2.78. The van der Waals surface area contributed by atoms with Crippen LogP contribution >= 0.6 is 11.3 Å². The Bertz CT molecular complexity index is 598. The zero-order chi connectivity index (χ0) is 13.8. The molecule has 3 nitrogen and oxygen atoms in total. The van der Waals surface area contributed by atoms with Gasteiger partial charge in [-0.3, -0.25) is 0 Å². The molecule has 1 aromatic heterocycles. The zero-order valence-corrected chi connectivity index (χ0v) is 11.8. The van der Waals surface area contributed by atoms with E-state index in [1.165, 1.54) is 4.88 Å². The highest BCUT2D eigenvalue weighted by Crippen LogP contribution is 2.30. The minimum absolute atomic E-state index is 0.148. The maximum absolute atomic E-state index is 9.09. The van der Waals surface area contributed by atoms with E-state index >= 15 is 0 Å². The quantitative estimate of drug-likeness (QED) is 0.928. The molecule has 0 radical (unpaired) electrons. The first kappa shape index (κ1) is 13.6. The lowest BCUT2D eigenvalue weighted by atomic mass is 10.1. The third kappa shape index (κ3) is 3.14. The Morgan fingerprint density at radius 1 is 1.26 bits per heavy atom. The maximum Gasteiger partial charge on any atom is 0.148 e. The molecule has 1 aromatic carbocycles. The van der Waals surface area contributed by atoms with Crippen molar-refractivity contribution in [1.82, 2.24) is 0 Å². The number of nitrogens with zero attached hydrogens (tertiary/aromatic N) is 1. The predicted octanol–water partition coefficient (Wildman–Crippen LogP) is 3.40. The fraction of sp³-hybridized carbons (Fsp3) is 0.267. The van der Waals surface area contributed by atoms with Crippen LogP contribution < -0.4 is 10.5 Å². The first-order valence-corrected chi connectivity index (χ1v) is 6.91. The number of aryl methyl sites for hydroxylation is 1. The molecule has 2 aromatic rings. The summed E-state index contributed by atoms with van der Waals surface area (Å²) in [6, 6.07) is 13.3. The van der Waals surface area contributed by atoms with Gasteiger partial charge in [-0.05, 0) is 38.1 Å². The highest BCUT2D eigenvalue weighted by molar-refractivity contribution is 7.12. The van der Waals surface area contributed by atoms with Crippen molar-refractivity contribution in [1.29, 1.82) is 5.26 Å². The number of nitrogens with two attached hydrogens (primary N) is 1. The number of nitriles is 1. The summed E-state index contributed by atoms with van der Waals surface area (Å²) in [5, 5.41) is 9.09. The van der Waals surface area contributed by atoms with Gasteiger partial charge in [0, 0.05) is 15.8 Å².